The van der Waals surface area contributed by atoms with Gasteiger partial charge in [-0.2, -0.15) is 0 Å². The van der Waals surface area contributed by atoms with Crippen LogP contribution in [0.5, 0.6) is 0 Å². The number of amides is 4. The number of rotatable bonds is 4. The quantitative estimate of drug-likeness (QED) is 0.723. The van der Waals surface area contributed by atoms with E-state index >= 15 is 0 Å². The van der Waals surface area contributed by atoms with Gasteiger partial charge >= 0.3 is 12.1 Å². The summed E-state index contributed by atoms with van der Waals surface area (Å²) in [5, 5.41) is 5.23. The number of nitrogens with one attached hydrogen (secondary N) is 2. The van der Waals surface area contributed by atoms with Crippen LogP contribution in [0.3, 0.4) is 0 Å². The first-order chi connectivity index (χ1) is 8.02. The third-order valence-corrected chi connectivity index (χ3v) is 1.69. The van der Waals surface area contributed by atoms with Crippen molar-refractivity contribution in [1.29, 1.82) is 0 Å². The fraction of sp³-hybridized carbons (Fsp3) is 0.700. The van der Waals surface area contributed by atoms with Gasteiger partial charge in [-0.05, 0) is 12.8 Å². The lowest BCUT2D eigenvalue weighted by molar-refractivity contribution is -0.150. The topological polar surface area (TPSA) is 87.7 Å². The Morgan fingerprint density at radius 3 is 2.06 bits per heavy atom. The summed E-state index contributed by atoms with van der Waals surface area (Å²) in [6.45, 7) is 5.70. The van der Waals surface area contributed by atoms with Gasteiger partial charge in [0.1, 0.15) is 0 Å². The van der Waals surface area contributed by atoms with Crippen molar-refractivity contribution in [1.82, 2.24) is 15.7 Å². The third-order valence-electron chi connectivity index (χ3n) is 1.69. The predicted molar refractivity (Wildman–Crippen MR) is 61.0 cm³/mol. The standard InChI is InChI=1S/C10H19N3O4/c1-4-6-11-9(15)13(8(3)14)17-10(16)12-7-5-2/h4-7H2,1-3H3,(H,11,15)(H,12,16). The SMILES string of the molecule is CCCNC(=O)ON(C(C)=O)C(=O)NCCC. The molecule has 0 saturated carbocycles. The number of hydrogen-bond acceptors (Lipinski definition) is 4. The highest BCUT2D eigenvalue weighted by Gasteiger charge is 2.22. The summed E-state index contributed by atoms with van der Waals surface area (Å²) < 4.78 is 0. The van der Waals surface area contributed by atoms with Crippen molar-refractivity contribution < 1.29 is 19.2 Å². The van der Waals surface area contributed by atoms with Gasteiger partial charge in [0.05, 0.1) is 0 Å². The highest BCUT2D eigenvalue weighted by molar-refractivity contribution is 5.93. The largest absolute Gasteiger partial charge is 0.432 e. The van der Waals surface area contributed by atoms with E-state index in [1.165, 1.54) is 0 Å². The van der Waals surface area contributed by atoms with Crippen molar-refractivity contribution >= 4 is 18.0 Å². The van der Waals surface area contributed by atoms with Crippen LogP contribution >= 0.6 is 0 Å². The minimum Gasteiger partial charge on any atom is -0.335 e. The van der Waals surface area contributed by atoms with E-state index in [1.807, 2.05) is 13.8 Å². The number of urea groups is 1. The van der Waals surface area contributed by atoms with Crippen LogP contribution < -0.4 is 10.6 Å². The Morgan fingerprint density at radius 2 is 1.59 bits per heavy atom. The zero-order chi connectivity index (χ0) is 13.3. The maximum atomic E-state index is 11.4. The van der Waals surface area contributed by atoms with Gasteiger partial charge in [-0.3, -0.25) is 4.79 Å². The van der Waals surface area contributed by atoms with Gasteiger partial charge in [0, 0.05) is 20.0 Å². The zero-order valence-electron chi connectivity index (χ0n) is 10.4. The molecule has 0 atom stereocenters. The van der Waals surface area contributed by atoms with E-state index in [2.05, 4.69) is 15.5 Å². The first-order valence-corrected chi connectivity index (χ1v) is 5.57. The van der Waals surface area contributed by atoms with Gasteiger partial charge in [-0.15, -0.1) is 0 Å². The molecule has 7 nitrogen and oxygen atoms in total. The maximum absolute atomic E-state index is 11.4. The van der Waals surface area contributed by atoms with Crippen LogP contribution in [0.4, 0.5) is 9.59 Å². The van der Waals surface area contributed by atoms with Crippen LogP contribution in [0.1, 0.15) is 33.6 Å². The van der Waals surface area contributed by atoms with Crippen molar-refractivity contribution in [2.24, 2.45) is 0 Å². The summed E-state index contributed by atoms with van der Waals surface area (Å²) in [5.41, 5.74) is 0. The molecule has 0 heterocycles. The van der Waals surface area contributed by atoms with E-state index in [0.717, 1.165) is 19.8 Å². The lowest BCUT2D eigenvalue weighted by Gasteiger charge is -2.17. The fourth-order valence-corrected chi connectivity index (χ4v) is 0.895. The minimum absolute atomic E-state index is 0.403. The molecule has 0 aliphatic carbocycles. The Hall–Kier alpha value is -1.79. The van der Waals surface area contributed by atoms with Gasteiger partial charge in [0.15, 0.2) is 0 Å². The predicted octanol–water partition coefficient (Wildman–Crippen LogP) is 1.01. The molecule has 0 fully saturated rings. The molecule has 17 heavy (non-hydrogen) atoms. The maximum Gasteiger partial charge on any atom is 0.432 e. The minimum atomic E-state index is -0.825. The average molecular weight is 245 g/mol. The van der Waals surface area contributed by atoms with Crippen LogP contribution in [0.2, 0.25) is 0 Å². The van der Waals surface area contributed by atoms with E-state index in [9.17, 15) is 14.4 Å². The molecule has 98 valence electrons. The van der Waals surface area contributed by atoms with Crippen LogP contribution in [0.25, 0.3) is 0 Å². The Bertz CT molecular complexity index is 281. The molecule has 2 N–H and O–H groups in total. The molecular weight excluding hydrogens is 226 g/mol. The molecule has 0 aromatic carbocycles. The Morgan fingerprint density at radius 1 is 1.06 bits per heavy atom. The normalized spacial score (nSPS) is 9.35. The molecule has 4 amide bonds. The van der Waals surface area contributed by atoms with Gasteiger partial charge in [-0.25, -0.2) is 9.59 Å². The van der Waals surface area contributed by atoms with E-state index in [4.69, 9.17) is 0 Å². The number of hydroxylamine groups is 2. The highest BCUT2D eigenvalue weighted by atomic mass is 16.7. The molecular formula is C10H19N3O4. The zero-order valence-corrected chi connectivity index (χ0v) is 10.4. The molecule has 0 aromatic heterocycles. The lowest BCUT2D eigenvalue weighted by atomic mass is 10.5. The van der Waals surface area contributed by atoms with E-state index < -0.39 is 18.0 Å². The Kier molecular flexibility index (Phi) is 7.49. The van der Waals surface area contributed by atoms with Gasteiger partial charge in [0.2, 0.25) is 0 Å². The van der Waals surface area contributed by atoms with Gasteiger partial charge < -0.3 is 15.5 Å². The summed E-state index contributed by atoms with van der Waals surface area (Å²) in [6, 6.07) is -0.744. The lowest BCUT2D eigenvalue weighted by Crippen LogP contribution is -2.46. The molecule has 0 unspecified atom stereocenters. The molecule has 0 bridgehead atoms. The van der Waals surface area contributed by atoms with Crippen molar-refractivity contribution in [2.75, 3.05) is 13.1 Å². The summed E-state index contributed by atoms with van der Waals surface area (Å²) in [7, 11) is 0. The highest BCUT2D eigenvalue weighted by Crippen LogP contribution is 1.94. The molecule has 0 aliphatic heterocycles. The first kappa shape index (κ1) is 15.2. The molecule has 0 spiro atoms. The second kappa shape index (κ2) is 8.37. The molecule has 0 radical (unpaired) electrons. The second-order valence-electron chi connectivity index (χ2n) is 3.35. The molecule has 0 aromatic rings. The Balaban J connectivity index is 4.28. The number of carbonyl (C=O) groups is 3. The molecule has 7 heteroatoms. The van der Waals surface area contributed by atoms with Crippen molar-refractivity contribution in [3.8, 4) is 0 Å². The number of carbonyl (C=O) groups excluding carboxylic acids is 3. The summed E-state index contributed by atoms with van der Waals surface area (Å²) in [4.78, 5) is 38.3. The van der Waals surface area contributed by atoms with Crippen molar-refractivity contribution in [3.05, 3.63) is 0 Å². The molecule has 0 rings (SSSR count). The smallest absolute Gasteiger partial charge is 0.335 e. The second-order valence-corrected chi connectivity index (χ2v) is 3.35. The summed E-state index contributed by atoms with van der Waals surface area (Å²) in [6.07, 6.45) is 0.630. The van der Waals surface area contributed by atoms with Crippen LogP contribution in [-0.2, 0) is 9.63 Å². The van der Waals surface area contributed by atoms with E-state index in [-0.39, 0.29) is 0 Å². The van der Waals surface area contributed by atoms with Crippen LogP contribution in [0, 0.1) is 0 Å². The molecule has 0 aliphatic rings. The van der Waals surface area contributed by atoms with E-state index in [1.54, 1.807) is 0 Å². The van der Waals surface area contributed by atoms with Crippen LogP contribution in [-0.4, -0.2) is 36.2 Å². The third kappa shape index (κ3) is 6.39. The van der Waals surface area contributed by atoms with Gasteiger partial charge in [0.25, 0.3) is 5.91 Å². The summed E-state index contributed by atoms with van der Waals surface area (Å²) in [5.74, 6) is -0.662. The van der Waals surface area contributed by atoms with Crippen molar-refractivity contribution in [3.63, 3.8) is 0 Å². The Labute approximate surface area is 100 Å². The molecule has 0 saturated heterocycles. The monoisotopic (exact) mass is 245 g/mol. The number of hydrogen-bond donors (Lipinski definition) is 2. The summed E-state index contributed by atoms with van der Waals surface area (Å²) >= 11 is 0. The van der Waals surface area contributed by atoms with Crippen molar-refractivity contribution in [2.45, 2.75) is 33.6 Å². The first-order valence-electron chi connectivity index (χ1n) is 5.57. The number of imide groups is 1. The average Bonchev–Trinajstić information content (AvgIpc) is 2.29. The van der Waals surface area contributed by atoms with Gasteiger partial charge in [-0.1, -0.05) is 18.9 Å². The number of nitrogens with zero attached hydrogens (tertiary/aromatic N) is 1. The van der Waals surface area contributed by atoms with Crippen LogP contribution in [0.15, 0.2) is 0 Å². The van der Waals surface area contributed by atoms with E-state index in [0.29, 0.717) is 18.2 Å². The fourth-order valence-electron chi connectivity index (χ4n) is 0.895.